The van der Waals surface area contributed by atoms with Crippen LogP contribution in [-0.2, 0) is 9.53 Å². The maximum atomic E-state index is 13.2. The molecule has 1 fully saturated rings. The van der Waals surface area contributed by atoms with Crippen LogP contribution in [-0.4, -0.2) is 42.5 Å². The van der Waals surface area contributed by atoms with Crippen molar-refractivity contribution in [2.24, 2.45) is 0 Å². The van der Waals surface area contributed by atoms with Crippen LogP contribution in [0.1, 0.15) is 80.3 Å². The van der Waals surface area contributed by atoms with Crippen molar-refractivity contribution in [1.82, 2.24) is 10.2 Å². The number of rotatable bonds is 7. The van der Waals surface area contributed by atoms with Gasteiger partial charge in [-0.25, -0.2) is 0 Å². The van der Waals surface area contributed by atoms with Crippen LogP contribution in [0, 0.1) is 0 Å². The standard InChI is InChI=1S/C22H32N2O3/c1-2-27-16-10-15-24-20(18-13-8-9-14-19(18)22(24)26)21(25)23-17-11-6-4-3-5-7-12-17/h8-9,13-14,17,20H,2-7,10-12,15-16H2,1H3,(H,23,25). The Balaban J connectivity index is 1.71. The van der Waals surface area contributed by atoms with Gasteiger partial charge in [-0.2, -0.15) is 0 Å². The number of nitrogens with zero attached hydrogens (tertiary/aromatic N) is 1. The van der Waals surface area contributed by atoms with E-state index in [1.807, 2.05) is 31.2 Å². The van der Waals surface area contributed by atoms with Crippen LogP contribution < -0.4 is 5.32 Å². The monoisotopic (exact) mass is 372 g/mol. The van der Waals surface area contributed by atoms with Crippen LogP contribution in [0.5, 0.6) is 0 Å². The summed E-state index contributed by atoms with van der Waals surface area (Å²) in [4.78, 5) is 27.8. The summed E-state index contributed by atoms with van der Waals surface area (Å²) in [7, 11) is 0. The number of fused-ring (bicyclic) bond motifs is 1. The molecule has 3 rings (SSSR count). The second-order valence-electron chi connectivity index (χ2n) is 7.59. The lowest BCUT2D eigenvalue weighted by Gasteiger charge is -2.28. The van der Waals surface area contributed by atoms with Crippen molar-refractivity contribution in [3.05, 3.63) is 35.4 Å². The van der Waals surface area contributed by atoms with E-state index in [-0.39, 0.29) is 17.9 Å². The third kappa shape index (κ3) is 4.89. The minimum Gasteiger partial charge on any atom is -0.382 e. The van der Waals surface area contributed by atoms with Crippen molar-refractivity contribution in [3.63, 3.8) is 0 Å². The Bertz CT molecular complexity index is 638. The Morgan fingerprint density at radius 2 is 1.85 bits per heavy atom. The molecule has 27 heavy (non-hydrogen) atoms. The lowest BCUT2D eigenvalue weighted by atomic mass is 9.96. The second-order valence-corrected chi connectivity index (χ2v) is 7.59. The molecule has 0 spiro atoms. The van der Waals surface area contributed by atoms with Gasteiger partial charge in [-0.15, -0.1) is 0 Å². The van der Waals surface area contributed by atoms with Crippen LogP contribution in [0.4, 0.5) is 0 Å². The smallest absolute Gasteiger partial charge is 0.255 e. The van der Waals surface area contributed by atoms with Crippen molar-refractivity contribution < 1.29 is 14.3 Å². The molecule has 0 aromatic heterocycles. The highest BCUT2D eigenvalue weighted by Crippen LogP contribution is 2.34. The minimum absolute atomic E-state index is 0.0321. The summed E-state index contributed by atoms with van der Waals surface area (Å²) < 4.78 is 5.41. The first kappa shape index (κ1) is 19.9. The zero-order valence-electron chi connectivity index (χ0n) is 16.4. The fourth-order valence-corrected chi connectivity index (χ4v) is 4.25. The number of benzene rings is 1. The average molecular weight is 373 g/mol. The van der Waals surface area contributed by atoms with Crippen molar-refractivity contribution in [2.75, 3.05) is 19.8 Å². The summed E-state index contributed by atoms with van der Waals surface area (Å²) >= 11 is 0. The first-order chi connectivity index (χ1) is 13.2. The van der Waals surface area contributed by atoms with E-state index >= 15 is 0 Å². The molecule has 1 heterocycles. The Morgan fingerprint density at radius 3 is 2.59 bits per heavy atom. The van der Waals surface area contributed by atoms with Crippen LogP contribution in [0.25, 0.3) is 0 Å². The van der Waals surface area contributed by atoms with Gasteiger partial charge in [-0.05, 0) is 37.8 Å². The fourth-order valence-electron chi connectivity index (χ4n) is 4.25. The number of amides is 2. The molecule has 1 aliphatic heterocycles. The Hall–Kier alpha value is -1.88. The van der Waals surface area contributed by atoms with Gasteiger partial charge in [0, 0.05) is 31.4 Å². The molecule has 1 aliphatic carbocycles. The average Bonchev–Trinajstić information content (AvgIpc) is 2.93. The van der Waals surface area contributed by atoms with Gasteiger partial charge in [-0.3, -0.25) is 9.59 Å². The van der Waals surface area contributed by atoms with Gasteiger partial charge in [0.1, 0.15) is 6.04 Å². The molecule has 1 N–H and O–H groups in total. The van der Waals surface area contributed by atoms with E-state index in [0.29, 0.717) is 25.3 Å². The van der Waals surface area contributed by atoms with Crippen LogP contribution in [0.2, 0.25) is 0 Å². The number of carbonyl (C=O) groups excluding carboxylic acids is 2. The molecule has 1 aromatic rings. The molecule has 148 valence electrons. The first-order valence-electron chi connectivity index (χ1n) is 10.5. The summed E-state index contributed by atoms with van der Waals surface area (Å²) in [6.45, 7) is 3.77. The van der Waals surface area contributed by atoms with E-state index in [9.17, 15) is 9.59 Å². The molecular formula is C22H32N2O3. The molecule has 1 unspecified atom stereocenters. The maximum Gasteiger partial charge on any atom is 0.255 e. The SMILES string of the molecule is CCOCCCN1C(=O)c2ccccc2C1C(=O)NC1CCCCCCC1. The van der Waals surface area contributed by atoms with E-state index in [4.69, 9.17) is 4.74 Å². The highest BCUT2D eigenvalue weighted by Gasteiger charge is 2.40. The topological polar surface area (TPSA) is 58.6 Å². The van der Waals surface area contributed by atoms with Gasteiger partial charge in [-0.1, -0.05) is 50.3 Å². The maximum absolute atomic E-state index is 13.2. The molecule has 1 atom stereocenters. The summed E-state index contributed by atoms with van der Waals surface area (Å²) in [5, 5.41) is 3.26. The molecule has 1 saturated carbocycles. The number of carbonyl (C=O) groups is 2. The van der Waals surface area contributed by atoms with Crippen LogP contribution >= 0.6 is 0 Å². The molecule has 5 heteroatoms. The van der Waals surface area contributed by atoms with Crippen LogP contribution in [0.15, 0.2) is 24.3 Å². The number of hydrogen-bond donors (Lipinski definition) is 1. The lowest BCUT2D eigenvalue weighted by Crippen LogP contribution is -2.44. The minimum atomic E-state index is -0.513. The summed E-state index contributed by atoms with van der Waals surface area (Å²) in [6.07, 6.45) is 8.96. The largest absolute Gasteiger partial charge is 0.382 e. The molecule has 0 bridgehead atoms. The third-order valence-corrected chi connectivity index (χ3v) is 5.65. The van der Waals surface area contributed by atoms with Gasteiger partial charge in [0.2, 0.25) is 5.91 Å². The highest BCUT2D eigenvalue weighted by atomic mass is 16.5. The zero-order valence-corrected chi connectivity index (χ0v) is 16.4. The zero-order chi connectivity index (χ0) is 19.1. The Kier molecular flexibility index (Phi) is 7.27. The van der Waals surface area contributed by atoms with Gasteiger partial charge in [0.05, 0.1) is 0 Å². The normalized spacial score (nSPS) is 20.9. The third-order valence-electron chi connectivity index (χ3n) is 5.65. The van der Waals surface area contributed by atoms with E-state index in [0.717, 1.165) is 24.8 Å². The molecule has 1 aromatic carbocycles. The first-order valence-corrected chi connectivity index (χ1v) is 10.5. The number of hydrogen-bond acceptors (Lipinski definition) is 3. The summed E-state index contributed by atoms with van der Waals surface area (Å²) in [5.74, 6) is -0.0739. The molecule has 2 aliphatic rings. The van der Waals surface area contributed by atoms with E-state index in [1.54, 1.807) is 4.90 Å². The second kappa shape index (κ2) is 9.88. The summed E-state index contributed by atoms with van der Waals surface area (Å²) in [5.41, 5.74) is 1.49. The fraction of sp³-hybridized carbons (Fsp3) is 0.636. The van der Waals surface area contributed by atoms with Crippen LogP contribution in [0.3, 0.4) is 0 Å². The number of ether oxygens (including phenoxy) is 1. The molecule has 2 amide bonds. The van der Waals surface area contributed by atoms with Crippen molar-refractivity contribution in [2.45, 2.75) is 70.4 Å². The molecular weight excluding hydrogens is 340 g/mol. The van der Waals surface area contributed by atoms with E-state index in [1.165, 1.54) is 32.1 Å². The van der Waals surface area contributed by atoms with Crippen molar-refractivity contribution in [3.8, 4) is 0 Å². The number of nitrogens with one attached hydrogen (secondary N) is 1. The quantitative estimate of drug-likeness (QED) is 0.740. The Labute approximate surface area is 162 Å². The predicted molar refractivity (Wildman–Crippen MR) is 106 cm³/mol. The molecule has 5 nitrogen and oxygen atoms in total. The molecule has 0 radical (unpaired) electrons. The van der Waals surface area contributed by atoms with Gasteiger partial charge in [0.25, 0.3) is 5.91 Å². The lowest BCUT2D eigenvalue weighted by molar-refractivity contribution is -0.126. The van der Waals surface area contributed by atoms with Crippen molar-refractivity contribution >= 4 is 11.8 Å². The molecule has 0 saturated heterocycles. The van der Waals surface area contributed by atoms with E-state index in [2.05, 4.69) is 5.32 Å². The van der Waals surface area contributed by atoms with Crippen molar-refractivity contribution in [1.29, 1.82) is 0 Å². The van der Waals surface area contributed by atoms with Gasteiger partial charge >= 0.3 is 0 Å². The highest BCUT2D eigenvalue weighted by molar-refractivity contribution is 6.04. The van der Waals surface area contributed by atoms with Gasteiger partial charge < -0.3 is 15.0 Å². The van der Waals surface area contributed by atoms with E-state index < -0.39 is 6.04 Å². The predicted octanol–water partition coefficient (Wildman–Crippen LogP) is 3.84. The summed E-state index contributed by atoms with van der Waals surface area (Å²) in [6, 6.07) is 7.23. The Morgan fingerprint density at radius 1 is 1.15 bits per heavy atom. The van der Waals surface area contributed by atoms with Gasteiger partial charge in [0.15, 0.2) is 0 Å².